The van der Waals surface area contributed by atoms with Crippen molar-refractivity contribution in [3.63, 3.8) is 0 Å². The molecule has 8 nitrogen and oxygen atoms in total. The average Bonchev–Trinajstić information content (AvgIpc) is 3.12. The zero-order chi connectivity index (χ0) is 18.8. The number of hydrogen-bond acceptors (Lipinski definition) is 6. The number of imide groups is 2. The molecule has 1 aromatic heterocycles. The van der Waals surface area contributed by atoms with Gasteiger partial charge in [-0.25, -0.2) is 14.7 Å². The summed E-state index contributed by atoms with van der Waals surface area (Å²) in [7, 11) is 1.25. The Balaban J connectivity index is 1.60. The molecule has 2 heterocycles. The smallest absolute Gasteiger partial charge is 0.326 e. The number of nitrogens with one attached hydrogen (secondary N) is 1. The largest absolute Gasteiger partial charge is 0.334 e. The molecule has 5 amide bonds. The van der Waals surface area contributed by atoms with E-state index in [1.807, 2.05) is 31.2 Å². The summed E-state index contributed by atoms with van der Waals surface area (Å²) in [6.45, 7) is 1.87. The maximum atomic E-state index is 12.1. The molecule has 1 aliphatic rings. The van der Waals surface area contributed by atoms with Gasteiger partial charge in [-0.3, -0.25) is 19.3 Å². The zero-order valence-electron chi connectivity index (χ0n) is 14.2. The number of urea groups is 1. The topological polar surface area (TPSA) is 99.7 Å². The van der Waals surface area contributed by atoms with E-state index in [4.69, 9.17) is 0 Å². The number of amides is 5. The number of aryl methyl sites for hydroxylation is 1. The van der Waals surface area contributed by atoms with Crippen LogP contribution in [0.5, 0.6) is 0 Å². The highest BCUT2D eigenvalue weighted by Crippen LogP contribution is 2.17. The van der Waals surface area contributed by atoms with Gasteiger partial charge in [-0.05, 0) is 19.1 Å². The average molecular weight is 372 g/mol. The first-order valence-corrected chi connectivity index (χ1v) is 8.66. The van der Waals surface area contributed by atoms with Crippen LogP contribution in [0.4, 0.5) is 10.5 Å². The number of anilines is 1. The highest BCUT2D eigenvalue weighted by molar-refractivity contribution is 7.09. The lowest BCUT2D eigenvalue weighted by molar-refractivity contribution is -0.143. The number of nitrogens with zero attached hydrogens (tertiary/aromatic N) is 3. The monoisotopic (exact) mass is 372 g/mol. The molecule has 3 rings (SSSR count). The van der Waals surface area contributed by atoms with Crippen LogP contribution in [-0.4, -0.2) is 45.6 Å². The first kappa shape index (κ1) is 17.7. The Kier molecular flexibility index (Phi) is 4.81. The molecule has 26 heavy (non-hydrogen) atoms. The number of carbonyl (C=O) groups excluding carboxylic acids is 4. The molecule has 1 fully saturated rings. The van der Waals surface area contributed by atoms with E-state index in [1.54, 1.807) is 5.38 Å². The van der Waals surface area contributed by atoms with Crippen LogP contribution in [-0.2, 0) is 27.3 Å². The highest BCUT2D eigenvalue weighted by atomic mass is 32.1. The fourth-order valence-electron chi connectivity index (χ4n) is 2.40. The standard InChI is InChI=1S/C17H16N4O4S/c1-10-3-5-11(6-4-10)18-13(22)7-14-19-12(9-26-14)8-21-16(24)15(23)20(2)17(21)25/h3-6,9H,7-8H2,1-2H3,(H,18,22). The maximum absolute atomic E-state index is 12.1. The van der Waals surface area contributed by atoms with Crippen molar-refractivity contribution in [2.75, 3.05) is 12.4 Å². The van der Waals surface area contributed by atoms with E-state index >= 15 is 0 Å². The normalized spacial score (nSPS) is 14.3. The third-order valence-electron chi connectivity index (χ3n) is 3.82. The number of carbonyl (C=O) groups is 4. The molecule has 1 aromatic carbocycles. The summed E-state index contributed by atoms with van der Waals surface area (Å²) in [6.07, 6.45) is 0.0826. The van der Waals surface area contributed by atoms with Crippen molar-refractivity contribution < 1.29 is 19.2 Å². The molecule has 1 aliphatic heterocycles. The van der Waals surface area contributed by atoms with E-state index in [0.29, 0.717) is 16.4 Å². The molecule has 1 saturated heterocycles. The van der Waals surface area contributed by atoms with Crippen LogP contribution in [0.25, 0.3) is 0 Å². The van der Waals surface area contributed by atoms with Gasteiger partial charge in [0.25, 0.3) is 0 Å². The lowest BCUT2D eigenvalue weighted by Crippen LogP contribution is -2.31. The van der Waals surface area contributed by atoms with E-state index in [-0.39, 0.29) is 18.9 Å². The van der Waals surface area contributed by atoms with Gasteiger partial charge < -0.3 is 5.32 Å². The molecule has 0 unspecified atom stereocenters. The first-order chi connectivity index (χ1) is 12.3. The summed E-state index contributed by atoms with van der Waals surface area (Å²) in [5.41, 5.74) is 2.26. The second kappa shape index (κ2) is 7.04. The minimum atomic E-state index is -0.871. The van der Waals surface area contributed by atoms with Gasteiger partial charge >= 0.3 is 17.8 Å². The fraction of sp³-hybridized carbons (Fsp3) is 0.235. The first-order valence-electron chi connectivity index (χ1n) is 7.78. The van der Waals surface area contributed by atoms with Crippen LogP contribution >= 0.6 is 11.3 Å². The molecule has 2 aromatic rings. The van der Waals surface area contributed by atoms with E-state index < -0.39 is 17.8 Å². The van der Waals surface area contributed by atoms with Crippen molar-refractivity contribution in [2.45, 2.75) is 19.9 Å². The Bertz CT molecular complexity index is 890. The minimum absolute atomic E-state index is 0.0826. The van der Waals surface area contributed by atoms with Crippen LogP contribution in [0.1, 0.15) is 16.3 Å². The van der Waals surface area contributed by atoms with Crippen LogP contribution in [0.15, 0.2) is 29.6 Å². The fourth-order valence-corrected chi connectivity index (χ4v) is 3.18. The Labute approximate surface area is 153 Å². The molecule has 0 aliphatic carbocycles. The number of hydrogen-bond donors (Lipinski definition) is 1. The second-order valence-electron chi connectivity index (χ2n) is 5.86. The molecule has 0 radical (unpaired) electrons. The summed E-state index contributed by atoms with van der Waals surface area (Å²) < 4.78 is 0. The third-order valence-corrected chi connectivity index (χ3v) is 4.71. The molecule has 1 N–H and O–H groups in total. The van der Waals surface area contributed by atoms with Crippen molar-refractivity contribution in [2.24, 2.45) is 0 Å². The molecule has 0 atom stereocenters. The Hall–Kier alpha value is -3.07. The van der Waals surface area contributed by atoms with Gasteiger partial charge in [0.05, 0.1) is 18.7 Å². The Morgan fingerprint density at radius 1 is 1.15 bits per heavy atom. The van der Waals surface area contributed by atoms with Gasteiger partial charge in [0.1, 0.15) is 5.01 Å². The van der Waals surface area contributed by atoms with E-state index in [2.05, 4.69) is 10.3 Å². The van der Waals surface area contributed by atoms with Gasteiger partial charge in [-0.1, -0.05) is 17.7 Å². The van der Waals surface area contributed by atoms with E-state index in [9.17, 15) is 19.2 Å². The summed E-state index contributed by atoms with van der Waals surface area (Å²) in [5.74, 6) is -1.94. The van der Waals surface area contributed by atoms with Gasteiger partial charge in [-0.2, -0.15) is 0 Å². The Morgan fingerprint density at radius 2 is 1.85 bits per heavy atom. The number of likely N-dealkylation sites (N-methyl/N-ethyl adjacent to an activating group) is 1. The number of rotatable bonds is 5. The predicted molar refractivity (Wildman–Crippen MR) is 94.3 cm³/mol. The van der Waals surface area contributed by atoms with Crippen molar-refractivity contribution in [1.82, 2.24) is 14.8 Å². The summed E-state index contributed by atoms with van der Waals surface area (Å²) in [4.78, 5) is 53.1. The molecule has 0 bridgehead atoms. The van der Waals surface area contributed by atoms with Gasteiger partial charge in [0, 0.05) is 18.1 Å². The van der Waals surface area contributed by atoms with Gasteiger partial charge in [0.2, 0.25) is 5.91 Å². The van der Waals surface area contributed by atoms with Crippen LogP contribution < -0.4 is 5.32 Å². The summed E-state index contributed by atoms with van der Waals surface area (Å²) >= 11 is 1.26. The molecular formula is C17H16N4O4S. The molecule has 0 spiro atoms. The SMILES string of the molecule is Cc1ccc(NC(=O)Cc2nc(CN3C(=O)C(=O)N(C)C3=O)cs2)cc1. The number of aromatic nitrogens is 1. The van der Waals surface area contributed by atoms with Crippen molar-refractivity contribution in [1.29, 1.82) is 0 Å². The lowest BCUT2D eigenvalue weighted by Gasteiger charge is -2.10. The predicted octanol–water partition coefficient (Wildman–Crippen LogP) is 1.55. The zero-order valence-corrected chi connectivity index (χ0v) is 15.0. The van der Waals surface area contributed by atoms with Crippen molar-refractivity contribution >= 4 is 40.8 Å². The van der Waals surface area contributed by atoms with Gasteiger partial charge in [0.15, 0.2) is 0 Å². The molecule has 134 valence electrons. The van der Waals surface area contributed by atoms with Crippen molar-refractivity contribution in [3.8, 4) is 0 Å². The summed E-state index contributed by atoms with van der Waals surface area (Å²) in [6, 6.07) is 6.77. The second-order valence-corrected chi connectivity index (χ2v) is 6.80. The molecular weight excluding hydrogens is 356 g/mol. The summed E-state index contributed by atoms with van der Waals surface area (Å²) in [5, 5.41) is 5.01. The van der Waals surface area contributed by atoms with E-state index in [1.165, 1.54) is 18.4 Å². The van der Waals surface area contributed by atoms with Crippen LogP contribution in [0, 0.1) is 6.92 Å². The molecule has 9 heteroatoms. The van der Waals surface area contributed by atoms with Gasteiger partial charge in [-0.15, -0.1) is 11.3 Å². The number of thiazole rings is 1. The quantitative estimate of drug-likeness (QED) is 0.634. The Morgan fingerprint density at radius 3 is 2.46 bits per heavy atom. The van der Waals surface area contributed by atoms with Crippen LogP contribution in [0.3, 0.4) is 0 Å². The number of benzene rings is 1. The third kappa shape index (κ3) is 3.62. The van der Waals surface area contributed by atoms with Crippen LogP contribution in [0.2, 0.25) is 0 Å². The lowest BCUT2D eigenvalue weighted by atomic mass is 10.2. The highest BCUT2D eigenvalue weighted by Gasteiger charge is 2.42. The van der Waals surface area contributed by atoms with E-state index in [0.717, 1.165) is 15.4 Å². The minimum Gasteiger partial charge on any atom is -0.326 e. The molecule has 0 saturated carbocycles. The maximum Gasteiger partial charge on any atom is 0.334 e. The van der Waals surface area contributed by atoms with Crippen molar-refractivity contribution in [3.05, 3.63) is 45.9 Å².